The second kappa shape index (κ2) is 8.31. The third-order valence-electron chi connectivity index (χ3n) is 4.32. The Bertz CT molecular complexity index is 986. The monoisotopic (exact) mass is 396 g/mol. The normalized spacial score (nSPS) is 12.0. The molecule has 144 valence electrons. The van der Waals surface area contributed by atoms with Crippen molar-refractivity contribution in [3.63, 3.8) is 0 Å². The second-order valence-corrected chi connectivity index (χ2v) is 7.23. The number of benzene rings is 2. The fraction of sp³-hybridized carbons (Fsp3) is 0.238. The standard InChI is InChI=1S/C21H20N2O4S/c1-14-5-2-3-6-17(14)25-10-4-7-20(24)23-21-22-16(12-28-21)15-8-9-18-19(11-15)27-13-26-18/h2-3,5-6,8-9,11-12H,4,7,10,13H2,1H3,(H,22,23,24). The lowest BCUT2D eigenvalue weighted by molar-refractivity contribution is -0.116. The number of hydrogen-bond acceptors (Lipinski definition) is 6. The van der Waals surface area contributed by atoms with Crippen molar-refractivity contribution in [2.24, 2.45) is 0 Å². The molecule has 7 heteroatoms. The molecule has 4 rings (SSSR count). The number of fused-ring (bicyclic) bond motifs is 1. The van der Waals surface area contributed by atoms with Crippen LogP contribution in [-0.4, -0.2) is 24.3 Å². The molecule has 2 heterocycles. The van der Waals surface area contributed by atoms with Crippen LogP contribution in [-0.2, 0) is 4.79 Å². The molecule has 0 atom stereocenters. The number of ether oxygens (including phenoxy) is 3. The van der Waals surface area contributed by atoms with E-state index in [4.69, 9.17) is 14.2 Å². The zero-order valence-corrected chi connectivity index (χ0v) is 16.3. The first-order valence-corrected chi connectivity index (χ1v) is 9.91. The van der Waals surface area contributed by atoms with Crippen molar-refractivity contribution in [3.8, 4) is 28.5 Å². The first-order chi connectivity index (χ1) is 13.7. The third kappa shape index (κ3) is 4.26. The van der Waals surface area contributed by atoms with Gasteiger partial charge >= 0.3 is 0 Å². The van der Waals surface area contributed by atoms with Gasteiger partial charge in [-0.1, -0.05) is 18.2 Å². The summed E-state index contributed by atoms with van der Waals surface area (Å²) in [7, 11) is 0. The Kier molecular flexibility index (Phi) is 5.43. The van der Waals surface area contributed by atoms with Crippen LogP contribution < -0.4 is 19.5 Å². The van der Waals surface area contributed by atoms with E-state index in [2.05, 4.69) is 10.3 Å². The minimum absolute atomic E-state index is 0.0695. The van der Waals surface area contributed by atoms with E-state index < -0.39 is 0 Å². The molecule has 6 nitrogen and oxygen atoms in total. The Morgan fingerprint density at radius 3 is 2.96 bits per heavy atom. The summed E-state index contributed by atoms with van der Waals surface area (Å²) in [5.41, 5.74) is 2.81. The van der Waals surface area contributed by atoms with Crippen molar-refractivity contribution in [3.05, 3.63) is 53.4 Å². The number of amides is 1. The summed E-state index contributed by atoms with van der Waals surface area (Å²) in [5.74, 6) is 2.24. The van der Waals surface area contributed by atoms with E-state index in [0.29, 0.717) is 30.3 Å². The van der Waals surface area contributed by atoms with Crippen LogP contribution in [0.25, 0.3) is 11.3 Å². The van der Waals surface area contributed by atoms with Crippen LogP contribution in [0.1, 0.15) is 18.4 Å². The van der Waals surface area contributed by atoms with E-state index in [0.717, 1.165) is 28.3 Å². The van der Waals surface area contributed by atoms with Crippen LogP contribution in [0.3, 0.4) is 0 Å². The molecule has 0 radical (unpaired) electrons. The molecule has 0 unspecified atom stereocenters. The molecule has 0 saturated heterocycles. The molecule has 0 aliphatic carbocycles. The van der Waals surface area contributed by atoms with E-state index >= 15 is 0 Å². The van der Waals surface area contributed by atoms with Crippen LogP contribution in [0, 0.1) is 6.92 Å². The van der Waals surface area contributed by atoms with Crippen LogP contribution in [0.5, 0.6) is 17.2 Å². The maximum Gasteiger partial charge on any atom is 0.231 e. The Hall–Kier alpha value is -3.06. The Morgan fingerprint density at radius 1 is 1.21 bits per heavy atom. The zero-order valence-electron chi connectivity index (χ0n) is 15.4. The number of anilines is 1. The molecule has 0 spiro atoms. The van der Waals surface area contributed by atoms with Gasteiger partial charge < -0.3 is 19.5 Å². The van der Waals surface area contributed by atoms with E-state index in [1.165, 1.54) is 11.3 Å². The van der Waals surface area contributed by atoms with E-state index in [9.17, 15) is 4.79 Å². The number of aryl methyl sites for hydroxylation is 1. The van der Waals surface area contributed by atoms with Crippen molar-refractivity contribution < 1.29 is 19.0 Å². The first kappa shape index (κ1) is 18.3. The van der Waals surface area contributed by atoms with Gasteiger partial charge in [-0.3, -0.25) is 4.79 Å². The topological polar surface area (TPSA) is 69.7 Å². The molecule has 2 aromatic carbocycles. The van der Waals surface area contributed by atoms with E-state index in [1.807, 2.05) is 54.8 Å². The van der Waals surface area contributed by atoms with E-state index in [-0.39, 0.29) is 12.7 Å². The van der Waals surface area contributed by atoms with Gasteiger partial charge in [-0.25, -0.2) is 4.98 Å². The summed E-state index contributed by atoms with van der Waals surface area (Å²) >= 11 is 1.40. The number of carbonyl (C=O) groups excluding carboxylic acids is 1. The highest BCUT2D eigenvalue weighted by Crippen LogP contribution is 2.36. The molecular weight excluding hydrogens is 376 g/mol. The summed E-state index contributed by atoms with van der Waals surface area (Å²) in [6, 6.07) is 13.5. The second-order valence-electron chi connectivity index (χ2n) is 6.37. The molecule has 1 N–H and O–H groups in total. The van der Waals surface area contributed by atoms with Crippen LogP contribution in [0.4, 0.5) is 5.13 Å². The van der Waals surface area contributed by atoms with Gasteiger partial charge in [0, 0.05) is 17.4 Å². The van der Waals surface area contributed by atoms with Gasteiger partial charge in [-0.05, 0) is 43.2 Å². The summed E-state index contributed by atoms with van der Waals surface area (Å²) in [6.07, 6.45) is 1.02. The SMILES string of the molecule is Cc1ccccc1OCCCC(=O)Nc1nc(-c2ccc3c(c2)OCO3)cs1. The van der Waals surface area contributed by atoms with Crippen molar-refractivity contribution in [1.82, 2.24) is 4.98 Å². The Labute approximate surface area is 167 Å². The molecule has 28 heavy (non-hydrogen) atoms. The van der Waals surface area contributed by atoms with Crippen LogP contribution >= 0.6 is 11.3 Å². The molecule has 3 aromatic rings. The molecule has 1 aliphatic heterocycles. The van der Waals surface area contributed by atoms with Crippen molar-refractivity contribution in [2.75, 3.05) is 18.7 Å². The fourth-order valence-electron chi connectivity index (χ4n) is 2.83. The highest BCUT2D eigenvalue weighted by atomic mass is 32.1. The zero-order chi connectivity index (χ0) is 19.3. The van der Waals surface area contributed by atoms with Crippen LogP contribution in [0.2, 0.25) is 0 Å². The van der Waals surface area contributed by atoms with Crippen molar-refractivity contribution in [1.29, 1.82) is 0 Å². The summed E-state index contributed by atoms with van der Waals surface area (Å²) in [5, 5.41) is 5.34. The lowest BCUT2D eigenvalue weighted by Gasteiger charge is -2.08. The predicted octanol–water partition coefficient (Wildman–Crippen LogP) is 4.64. The number of hydrogen-bond donors (Lipinski definition) is 1. The minimum Gasteiger partial charge on any atom is -0.493 e. The van der Waals surface area contributed by atoms with Crippen molar-refractivity contribution in [2.45, 2.75) is 19.8 Å². The lowest BCUT2D eigenvalue weighted by atomic mass is 10.1. The molecule has 0 bridgehead atoms. The summed E-state index contributed by atoms with van der Waals surface area (Å²) < 4.78 is 16.4. The summed E-state index contributed by atoms with van der Waals surface area (Å²) in [4.78, 5) is 16.6. The van der Waals surface area contributed by atoms with Gasteiger partial charge in [0.15, 0.2) is 16.6 Å². The maximum absolute atomic E-state index is 12.2. The molecule has 1 aliphatic rings. The van der Waals surface area contributed by atoms with Gasteiger partial charge in [0.1, 0.15) is 5.75 Å². The number of nitrogens with one attached hydrogen (secondary N) is 1. The number of nitrogens with zero attached hydrogens (tertiary/aromatic N) is 1. The minimum atomic E-state index is -0.0695. The molecule has 0 fully saturated rings. The van der Waals surface area contributed by atoms with E-state index in [1.54, 1.807) is 0 Å². The molecule has 1 aromatic heterocycles. The highest BCUT2D eigenvalue weighted by molar-refractivity contribution is 7.14. The van der Waals surface area contributed by atoms with Crippen LogP contribution in [0.15, 0.2) is 47.8 Å². The van der Waals surface area contributed by atoms with Gasteiger partial charge in [0.05, 0.1) is 12.3 Å². The largest absolute Gasteiger partial charge is 0.493 e. The quantitative estimate of drug-likeness (QED) is 0.589. The maximum atomic E-state index is 12.2. The fourth-order valence-corrected chi connectivity index (χ4v) is 3.57. The molecular formula is C21H20N2O4S. The number of rotatable bonds is 7. The number of para-hydroxylation sites is 1. The number of carbonyl (C=O) groups is 1. The van der Waals surface area contributed by atoms with Gasteiger partial charge in [-0.2, -0.15) is 0 Å². The Balaban J connectivity index is 1.27. The number of thiazole rings is 1. The first-order valence-electron chi connectivity index (χ1n) is 9.03. The molecule has 0 saturated carbocycles. The summed E-state index contributed by atoms with van der Waals surface area (Å²) in [6.45, 7) is 2.74. The number of aromatic nitrogens is 1. The lowest BCUT2D eigenvalue weighted by Crippen LogP contribution is -2.12. The van der Waals surface area contributed by atoms with Gasteiger partial charge in [0.25, 0.3) is 0 Å². The Morgan fingerprint density at radius 2 is 2.07 bits per heavy atom. The smallest absolute Gasteiger partial charge is 0.231 e. The third-order valence-corrected chi connectivity index (χ3v) is 5.08. The van der Waals surface area contributed by atoms with Gasteiger partial charge in [0.2, 0.25) is 12.7 Å². The van der Waals surface area contributed by atoms with Gasteiger partial charge in [-0.15, -0.1) is 11.3 Å². The average Bonchev–Trinajstić information content (AvgIpc) is 3.35. The highest BCUT2D eigenvalue weighted by Gasteiger charge is 2.15. The van der Waals surface area contributed by atoms with Crippen molar-refractivity contribution >= 4 is 22.4 Å². The average molecular weight is 396 g/mol. The predicted molar refractivity (Wildman–Crippen MR) is 108 cm³/mol. The molecule has 1 amide bonds.